The Morgan fingerprint density at radius 1 is 1.36 bits per heavy atom. The smallest absolute Gasteiger partial charge is 0.251 e. The van der Waals surface area contributed by atoms with Crippen molar-refractivity contribution in [1.29, 1.82) is 0 Å². The predicted octanol–water partition coefficient (Wildman–Crippen LogP) is 1.71. The number of nitrogens with zero attached hydrogens (tertiary/aromatic N) is 1. The first-order valence-corrected chi connectivity index (χ1v) is 5.42. The molecule has 2 nitrogen and oxygen atoms in total. The molecule has 0 spiro atoms. The van der Waals surface area contributed by atoms with Gasteiger partial charge in [0.05, 0.1) is 6.54 Å². The Morgan fingerprint density at radius 3 is 2.57 bits per heavy atom. The molecule has 0 aromatic heterocycles. The molecule has 1 aliphatic rings. The minimum Gasteiger partial charge on any atom is -0.311 e. The summed E-state index contributed by atoms with van der Waals surface area (Å²) in [6.07, 6.45) is -0.258. The van der Waals surface area contributed by atoms with Gasteiger partial charge >= 0.3 is 0 Å². The van der Waals surface area contributed by atoms with Crippen molar-refractivity contribution >= 4 is 0 Å². The molecule has 4 heteroatoms. The lowest BCUT2D eigenvalue weighted by molar-refractivity contribution is 0.0414. The fourth-order valence-electron chi connectivity index (χ4n) is 2.01. The molecule has 0 saturated carbocycles. The van der Waals surface area contributed by atoms with Crippen molar-refractivity contribution in [3.05, 3.63) is 0 Å². The van der Waals surface area contributed by atoms with Crippen molar-refractivity contribution in [2.75, 3.05) is 19.6 Å². The molecule has 1 fully saturated rings. The average Bonchev–Trinajstić information content (AvgIpc) is 2.16. The van der Waals surface area contributed by atoms with E-state index in [0.29, 0.717) is 6.04 Å². The van der Waals surface area contributed by atoms with Gasteiger partial charge in [0.15, 0.2) is 0 Å². The van der Waals surface area contributed by atoms with Gasteiger partial charge in [-0.1, -0.05) is 13.8 Å². The van der Waals surface area contributed by atoms with Gasteiger partial charge in [-0.05, 0) is 12.8 Å². The highest BCUT2D eigenvalue weighted by Gasteiger charge is 2.27. The van der Waals surface area contributed by atoms with Gasteiger partial charge in [-0.2, -0.15) is 0 Å². The Morgan fingerprint density at radius 2 is 2.07 bits per heavy atom. The van der Waals surface area contributed by atoms with E-state index in [-0.39, 0.29) is 12.6 Å². The van der Waals surface area contributed by atoms with Crippen LogP contribution in [0.1, 0.15) is 26.7 Å². The van der Waals surface area contributed by atoms with Crippen molar-refractivity contribution in [2.24, 2.45) is 0 Å². The quantitative estimate of drug-likeness (QED) is 0.753. The molecule has 14 heavy (non-hydrogen) atoms. The number of hydrogen-bond acceptors (Lipinski definition) is 2. The van der Waals surface area contributed by atoms with Crippen LogP contribution >= 0.6 is 0 Å². The number of halogens is 2. The highest BCUT2D eigenvalue weighted by Crippen LogP contribution is 2.13. The Labute approximate surface area is 84.7 Å². The minimum atomic E-state index is -2.21. The van der Waals surface area contributed by atoms with E-state index in [1.54, 1.807) is 0 Å². The second-order valence-electron chi connectivity index (χ2n) is 3.92. The summed E-state index contributed by atoms with van der Waals surface area (Å²) in [5.41, 5.74) is 0. The van der Waals surface area contributed by atoms with Crippen molar-refractivity contribution in [3.63, 3.8) is 0 Å². The maximum atomic E-state index is 12.3. The largest absolute Gasteiger partial charge is 0.311 e. The molecule has 0 aromatic rings. The normalized spacial score (nSPS) is 29.8. The highest BCUT2D eigenvalue weighted by atomic mass is 19.3. The van der Waals surface area contributed by atoms with Gasteiger partial charge in [0.1, 0.15) is 0 Å². The zero-order chi connectivity index (χ0) is 10.6. The van der Waals surface area contributed by atoms with Gasteiger partial charge in [0.2, 0.25) is 0 Å². The first-order chi connectivity index (χ1) is 6.67. The van der Waals surface area contributed by atoms with E-state index in [1.807, 2.05) is 4.90 Å². The van der Waals surface area contributed by atoms with Crippen LogP contribution < -0.4 is 5.32 Å². The van der Waals surface area contributed by atoms with Crippen LogP contribution in [0, 0.1) is 0 Å². The molecule has 0 amide bonds. The van der Waals surface area contributed by atoms with Gasteiger partial charge < -0.3 is 5.32 Å². The van der Waals surface area contributed by atoms with Gasteiger partial charge in [-0.15, -0.1) is 0 Å². The van der Waals surface area contributed by atoms with Crippen molar-refractivity contribution in [3.8, 4) is 0 Å². The number of piperazine rings is 1. The molecule has 1 rings (SSSR count). The van der Waals surface area contributed by atoms with Gasteiger partial charge in [-0.25, -0.2) is 8.78 Å². The second-order valence-corrected chi connectivity index (χ2v) is 3.92. The summed E-state index contributed by atoms with van der Waals surface area (Å²) in [7, 11) is 0. The molecule has 2 unspecified atom stereocenters. The van der Waals surface area contributed by atoms with Crippen LogP contribution in [0.5, 0.6) is 0 Å². The lowest BCUT2D eigenvalue weighted by atomic mass is 10.1. The van der Waals surface area contributed by atoms with Gasteiger partial charge in [0.25, 0.3) is 6.43 Å². The number of rotatable bonds is 4. The molecule has 1 saturated heterocycles. The Kier molecular flexibility index (Phi) is 4.75. The third-order valence-electron chi connectivity index (χ3n) is 2.95. The molecule has 0 aromatic carbocycles. The second kappa shape index (κ2) is 5.61. The van der Waals surface area contributed by atoms with E-state index in [4.69, 9.17) is 0 Å². The molecule has 84 valence electrons. The summed E-state index contributed by atoms with van der Waals surface area (Å²) in [5.74, 6) is 0. The predicted molar refractivity (Wildman–Crippen MR) is 53.7 cm³/mol. The molecule has 0 bridgehead atoms. The summed E-state index contributed by atoms with van der Waals surface area (Å²) in [6.45, 7) is 5.68. The van der Waals surface area contributed by atoms with Crippen LogP contribution in [0.25, 0.3) is 0 Å². The van der Waals surface area contributed by atoms with E-state index in [9.17, 15) is 8.78 Å². The van der Waals surface area contributed by atoms with Gasteiger partial charge in [0, 0.05) is 25.2 Å². The van der Waals surface area contributed by atoms with E-state index in [1.165, 1.54) is 0 Å². The highest BCUT2D eigenvalue weighted by molar-refractivity contribution is 4.84. The van der Waals surface area contributed by atoms with Crippen LogP contribution in [-0.4, -0.2) is 43.0 Å². The maximum absolute atomic E-state index is 12.3. The first-order valence-electron chi connectivity index (χ1n) is 5.42. The number of alkyl halides is 2. The molecular formula is C10H20F2N2. The van der Waals surface area contributed by atoms with Crippen molar-refractivity contribution in [2.45, 2.75) is 45.2 Å². The van der Waals surface area contributed by atoms with Crippen LogP contribution in [0.4, 0.5) is 8.78 Å². The molecule has 1 aliphatic heterocycles. The lowest BCUT2D eigenvalue weighted by Crippen LogP contribution is -2.57. The average molecular weight is 206 g/mol. The van der Waals surface area contributed by atoms with Gasteiger partial charge in [-0.3, -0.25) is 4.90 Å². The molecule has 0 radical (unpaired) electrons. The van der Waals surface area contributed by atoms with E-state index in [2.05, 4.69) is 19.2 Å². The third kappa shape index (κ3) is 3.17. The number of nitrogens with one attached hydrogen (secondary N) is 1. The van der Waals surface area contributed by atoms with E-state index < -0.39 is 6.43 Å². The molecule has 1 heterocycles. The number of hydrogen-bond donors (Lipinski definition) is 1. The fourth-order valence-corrected chi connectivity index (χ4v) is 2.01. The van der Waals surface area contributed by atoms with Crippen LogP contribution in [0.2, 0.25) is 0 Å². The standard InChI is InChI=1S/C10H20F2N2/c1-3-8-6-14(7-10(11)12)9(4-2)5-13-8/h8-10,13H,3-7H2,1-2H3. The molecule has 0 aliphatic carbocycles. The lowest BCUT2D eigenvalue weighted by Gasteiger charge is -2.39. The zero-order valence-electron chi connectivity index (χ0n) is 8.97. The topological polar surface area (TPSA) is 15.3 Å². The molecule has 1 N–H and O–H groups in total. The van der Waals surface area contributed by atoms with E-state index in [0.717, 1.165) is 25.9 Å². The summed E-state index contributed by atoms with van der Waals surface area (Å²) >= 11 is 0. The van der Waals surface area contributed by atoms with E-state index >= 15 is 0 Å². The summed E-state index contributed by atoms with van der Waals surface area (Å²) in [4.78, 5) is 1.93. The molecular weight excluding hydrogens is 186 g/mol. The Bertz CT molecular complexity index is 164. The summed E-state index contributed by atoms with van der Waals surface area (Å²) in [6, 6.07) is 0.670. The zero-order valence-corrected chi connectivity index (χ0v) is 8.97. The summed E-state index contributed by atoms with van der Waals surface area (Å²) < 4.78 is 24.6. The first kappa shape index (κ1) is 11.9. The maximum Gasteiger partial charge on any atom is 0.251 e. The molecule has 2 atom stereocenters. The minimum absolute atomic E-state index is 0.0727. The van der Waals surface area contributed by atoms with Crippen LogP contribution in [0.15, 0.2) is 0 Å². The monoisotopic (exact) mass is 206 g/mol. The van der Waals surface area contributed by atoms with Crippen molar-refractivity contribution in [1.82, 2.24) is 10.2 Å². The Hall–Kier alpha value is -0.220. The third-order valence-corrected chi connectivity index (χ3v) is 2.95. The SMILES string of the molecule is CCC1CN(CC(F)F)C(CC)CN1. The Balaban J connectivity index is 2.47. The van der Waals surface area contributed by atoms with Crippen LogP contribution in [0.3, 0.4) is 0 Å². The van der Waals surface area contributed by atoms with Crippen molar-refractivity contribution < 1.29 is 8.78 Å². The fraction of sp³-hybridized carbons (Fsp3) is 1.00. The van der Waals surface area contributed by atoms with Crippen LogP contribution in [-0.2, 0) is 0 Å². The summed E-state index contributed by atoms with van der Waals surface area (Å²) in [5, 5.41) is 3.39.